The lowest BCUT2D eigenvalue weighted by Crippen LogP contribution is -2.43. The predicted octanol–water partition coefficient (Wildman–Crippen LogP) is 2.99. The van der Waals surface area contributed by atoms with Gasteiger partial charge < -0.3 is 20.3 Å². The van der Waals surface area contributed by atoms with Crippen molar-refractivity contribution >= 4 is 40.7 Å². The summed E-state index contributed by atoms with van der Waals surface area (Å²) in [6, 6.07) is 13.2. The number of amides is 3. The van der Waals surface area contributed by atoms with Crippen LogP contribution >= 0.6 is 11.6 Å². The zero-order chi connectivity index (χ0) is 20.8. The molecule has 0 aromatic heterocycles. The molecule has 1 aliphatic rings. The Morgan fingerprint density at radius 1 is 1.21 bits per heavy atom. The van der Waals surface area contributed by atoms with Crippen LogP contribution in [0.4, 0.5) is 11.4 Å². The van der Waals surface area contributed by atoms with Crippen molar-refractivity contribution in [1.82, 2.24) is 5.32 Å². The molecule has 0 unspecified atom stereocenters. The number of nitrogens with one attached hydrogen (secondary N) is 2. The average Bonchev–Trinajstić information content (AvgIpc) is 3.13. The van der Waals surface area contributed by atoms with Gasteiger partial charge in [-0.25, -0.2) is 0 Å². The van der Waals surface area contributed by atoms with Crippen molar-refractivity contribution in [2.75, 3.05) is 23.4 Å². The number of nitrogens with zero attached hydrogens (tertiary/aromatic N) is 1. The van der Waals surface area contributed by atoms with Crippen LogP contribution in [0.5, 0.6) is 5.75 Å². The maximum absolute atomic E-state index is 12.4. The number of carbonyl (C=O) groups is 3. The van der Waals surface area contributed by atoms with Crippen LogP contribution in [0.1, 0.15) is 19.8 Å². The summed E-state index contributed by atoms with van der Waals surface area (Å²) < 4.78 is 5.36. The van der Waals surface area contributed by atoms with E-state index in [1.54, 1.807) is 54.3 Å². The number of benzene rings is 2. The first kappa shape index (κ1) is 20.7. The van der Waals surface area contributed by atoms with Gasteiger partial charge in [-0.15, -0.1) is 0 Å². The van der Waals surface area contributed by atoms with Crippen LogP contribution in [0.25, 0.3) is 0 Å². The topological polar surface area (TPSA) is 87.7 Å². The fourth-order valence-electron chi connectivity index (χ4n) is 2.97. The van der Waals surface area contributed by atoms with Gasteiger partial charge in [0.2, 0.25) is 11.8 Å². The second-order valence-electron chi connectivity index (χ2n) is 6.70. The van der Waals surface area contributed by atoms with Crippen molar-refractivity contribution < 1.29 is 19.1 Å². The molecule has 1 atom stereocenters. The van der Waals surface area contributed by atoms with E-state index in [4.69, 9.17) is 16.3 Å². The van der Waals surface area contributed by atoms with Gasteiger partial charge in [0.15, 0.2) is 6.61 Å². The maximum atomic E-state index is 12.4. The van der Waals surface area contributed by atoms with Crippen molar-refractivity contribution in [2.24, 2.45) is 0 Å². The molecular formula is C21H22ClN3O4. The summed E-state index contributed by atoms with van der Waals surface area (Å²) >= 11 is 6.29. The number of hydrogen-bond acceptors (Lipinski definition) is 4. The molecule has 1 aliphatic heterocycles. The molecular weight excluding hydrogens is 394 g/mol. The number of rotatable bonds is 7. The lowest BCUT2D eigenvalue weighted by molar-refractivity contribution is -0.127. The van der Waals surface area contributed by atoms with Crippen molar-refractivity contribution in [2.45, 2.75) is 25.8 Å². The Labute approximate surface area is 174 Å². The van der Waals surface area contributed by atoms with Crippen LogP contribution in [0.3, 0.4) is 0 Å². The van der Waals surface area contributed by atoms with E-state index in [9.17, 15) is 14.4 Å². The van der Waals surface area contributed by atoms with E-state index in [0.29, 0.717) is 35.1 Å². The molecule has 0 radical (unpaired) electrons. The van der Waals surface area contributed by atoms with E-state index in [-0.39, 0.29) is 18.4 Å². The zero-order valence-electron chi connectivity index (χ0n) is 16.0. The second-order valence-corrected chi connectivity index (χ2v) is 7.10. The average molecular weight is 416 g/mol. The molecule has 2 aromatic carbocycles. The van der Waals surface area contributed by atoms with Gasteiger partial charge in [0.25, 0.3) is 5.91 Å². The summed E-state index contributed by atoms with van der Waals surface area (Å²) in [6.07, 6.45) is 1.32. The molecule has 1 fully saturated rings. The van der Waals surface area contributed by atoms with Gasteiger partial charge >= 0.3 is 0 Å². The lowest BCUT2D eigenvalue weighted by atomic mass is 10.2. The van der Waals surface area contributed by atoms with Gasteiger partial charge in [-0.1, -0.05) is 29.8 Å². The van der Waals surface area contributed by atoms with E-state index in [1.807, 2.05) is 6.07 Å². The molecule has 0 aliphatic carbocycles. The Balaban J connectivity index is 1.51. The quantitative estimate of drug-likeness (QED) is 0.727. The van der Waals surface area contributed by atoms with E-state index in [0.717, 1.165) is 6.42 Å². The molecule has 7 nitrogen and oxygen atoms in total. The summed E-state index contributed by atoms with van der Waals surface area (Å²) in [5.41, 5.74) is 1.11. The number of halogens is 1. The first-order valence-electron chi connectivity index (χ1n) is 9.32. The summed E-state index contributed by atoms with van der Waals surface area (Å²) in [4.78, 5) is 37.9. The summed E-state index contributed by atoms with van der Waals surface area (Å²) in [7, 11) is 0. The van der Waals surface area contributed by atoms with Crippen LogP contribution in [0.2, 0.25) is 5.02 Å². The Kier molecular flexibility index (Phi) is 6.72. The minimum atomic E-state index is -0.763. The molecule has 3 amide bonds. The highest BCUT2D eigenvalue weighted by Gasteiger charge is 2.24. The highest BCUT2D eigenvalue weighted by molar-refractivity contribution is 6.34. The van der Waals surface area contributed by atoms with Crippen molar-refractivity contribution in [3.63, 3.8) is 0 Å². The largest absolute Gasteiger partial charge is 0.484 e. The van der Waals surface area contributed by atoms with E-state index >= 15 is 0 Å². The van der Waals surface area contributed by atoms with Gasteiger partial charge in [-0.2, -0.15) is 0 Å². The highest BCUT2D eigenvalue weighted by atomic mass is 35.5. The van der Waals surface area contributed by atoms with Crippen molar-refractivity contribution in [1.29, 1.82) is 0 Å². The zero-order valence-corrected chi connectivity index (χ0v) is 16.7. The van der Waals surface area contributed by atoms with E-state index in [2.05, 4.69) is 10.6 Å². The van der Waals surface area contributed by atoms with Crippen LogP contribution in [-0.2, 0) is 14.4 Å². The van der Waals surface area contributed by atoms with E-state index < -0.39 is 11.9 Å². The lowest BCUT2D eigenvalue weighted by Gasteiger charge is -2.19. The molecule has 3 rings (SSSR count). The third-order valence-electron chi connectivity index (χ3n) is 4.46. The molecule has 0 spiro atoms. The molecule has 0 bridgehead atoms. The Hall–Kier alpha value is -3.06. The van der Waals surface area contributed by atoms with Gasteiger partial charge in [0, 0.05) is 18.7 Å². The third-order valence-corrected chi connectivity index (χ3v) is 4.77. The standard InChI is InChI=1S/C21H22ClN3O4/c1-14(23-19(26)13-29-16-6-3-2-4-7-16)21(28)24-15-9-10-18(17(22)12-15)25-11-5-8-20(25)27/h2-4,6-7,9-10,12,14H,5,8,11,13H2,1H3,(H,23,26)(H,24,28)/t14-/m1/s1. The molecule has 8 heteroatoms. The van der Waals surface area contributed by atoms with Crippen molar-refractivity contribution in [3.8, 4) is 5.75 Å². The number of para-hydroxylation sites is 1. The number of hydrogen-bond donors (Lipinski definition) is 2. The number of ether oxygens (including phenoxy) is 1. The van der Waals surface area contributed by atoms with Crippen LogP contribution in [0, 0.1) is 0 Å². The third kappa shape index (κ3) is 5.48. The van der Waals surface area contributed by atoms with Crippen LogP contribution < -0.4 is 20.3 Å². The van der Waals surface area contributed by atoms with Crippen LogP contribution in [0.15, 0.2) is 48.5 Å². The van der Waals surface area contributed by atoms with Gasteiger partial charge in [-0.05, 0) is 43.7 Å². The molecule has 0 saturated carbocycles. The normalized spacial score (nSPS) is 14.4. The molecule has 2 aromatic rings. The second kappa shape index (κ2) is 9.43. The first-order valence-corrected chi connectivity index (χ1v) is 9.70. The smallest absolute Gasteiger partial charge is 0.258 e. The Bertz CT molecular complexity index is 904. The predicted molar refractivity (Wildman–Crippen MR) is 111 cm³/mol. The molecule has 152 valence electrons. The first-order chi connectivity index (χ1) is 13.9. The minimum absolute atomic E-state index is 0.0396. The van der Waals surface area contributed by atoms with Crippen LogP contribution in [-0.4, -0.2) is 36.9 Å². The van der Waals surface area contributed by atoms with E-state index in [1.165, 1.54) is 0 Å². The van der Waals surface area contributed by atoms with Gasteiger partial charge in [0.05, 0.1) is 10.7 Å². The summed E-state index contributed by atoms with van der Waals surface area (Å²) in [5.74, 6) is -0.180. The SMILES string of the molecule is C[C@@H](NC(=O)COc1ccccc1)C(=O)Nc1ccc(N2CCCC2=O)c(Cl)c1. The monoisotopic (exact) mass is 415 g/mol. The molecule has 29 heavy (non-hydrogen) atoms. The maximum Gasteiger partial charge on any atom is 0.258 e. The summed E-state index contributed by atoms with van der Waals surface area (Å²) in [6.45, 7) is 2.03. The van der Waals surface area contributed by atoms with Gasteiger partial charge in [-0.3, -0.25) is 14.4 Å². The molecule has 1 saturated heterocycles. The molecule has 2 N–H and O–H groups in total. The summed E-state index contributed by atoms with van der Waals surface area (Å²) in [5, 5.41) is 5.67. The Morgan fingerprint density at radius 3 is 2.62 bits per heavy atom. The number of carbonyl (C=O) groups excluding carboxylic acids is 3. The fourth-order valence-corrected chi connectivity index (χ4v) is 3.25. The Morgan fingerprint density at radius 2 is 1.97 bits per heavy atom. The number of anilines is 2. The minimum Gasteiger partial charge on any atom is -0.484 e. The van der Waals surface area contributed by atoms with Gasteiger partial charge in [0.1, 0.15) is 11.8 Å². The highest BCUT2D eigenvalue weighted by Crippen LogP contribution is 2.31. The fraction of sp³-hybridized carbons (Fsp3) is 0.286. The van der Waals surface area contributed by atoms with Crippen molar-refractivity contribution in [3.05, 3.63) is 53.6 Å². The molecule has 1 heterocycles.